The van der Waals surface area contributed by atoms with Gasteiger partial charge in [-0.05, 0) is 0 Å². The standard InChI is InChI=1S/3C2H6F3NS/c3*1-6(2)7(3,4)5/h3*1-2H3. The second-order valence-electron chi connectivity index (χ2n) is 3.58. The summed E-state index contributed by atoms with van der Waals surface area (Å²) in [5, 5.41) is 0. The molecule has 0 bridgehead atoms. The highest BCUT2D eigenvalue weighted by molar-refractivity contribution is 8.19. The molecule has 0 unspecified atom stereocenters. The summed E-state index contributed by atoms with van der Waals surface area (Å²) in [6.07, 6.45) is 0. The maximum absolute atomic E-state index is 11.2. The first-order chi connectivity index (χ1) is 8.83. The maximum Gasteiger partial charge on any atom is 0.277 e. The van der Waals surface area contributed by atoms with Crippen LogP contribution < -0.4 is 0 Å². The number of hydrogen-bond acceptors (Lipinski definition) is 3. The van der Waals surface area contributed by atoms with E-state index in [0.29, 0.717) is 0 Å². The minimum Gasteiger partial charge on any atom is -0.199 e. The highest BCUT2D eigenvalue weighted by Gasteiger charge is 2.24. The number of rotatable bonds is 3. The summed E-state index contributed by atoms with van der Waals surface area (Å²) in [5.74, 6) is 0. The lowest BCUT2D eigenvalue weighted by atomic mass is 11.3. The molecule has 0 aliphatic rings. The molecular weight excluding hydrogens is 381 g/mol. The second kappa shape index (κ2) is 10.1. The predicted octanol–water partition coefficient (Wildman–Crippen LogP) is 5.76. The number of halogens is 9. The van der Waals surface area contributed by atoms with Crippen LogP contribution in [-0.2, 0) is 0 Å². The summed E-state index contributed by atoms with van der Waals surface area (Å²) in [6, 6.07) is 0. The molecule has 15 heteroatoms. The quantitative estimate of drug-likeness (QED) is 0.559. The fourth-order valence-corrected chi connectivity index (χ4v) is 0. The molecule has 21 heavy (non-hydrogen) atoms. The molecule has 0 aliphatic carbocycles. The van der Waals surface area contributed by atoms with Gasteiger partial charge in [-0.2, -0.15) is 12.9 Å². The van der Waals surface area contributed by atoms with Crippen LogP contribution in [-0.4, -0.2) is 55.2 Å². The average molecular weight is 399 g/mol. The van der Waals surface area contributed by atoms with Gasteiger partial charge in [0, 0.05) is 42.3 Å². The van der Waals surface area contributed by atoms with Crippen LogP contribution in [0, 0.1) is 0 Å². The fourth-order valence-electron chi connectivity index (χ4n) is 0. The van der Waals surface area contributed by atoms with E-state index < -0.39 is 34.1 Å². The van der Waals surface area contributed by atoms with Gasteiger partial charge in [0.1, 0.15) is 0 Å². The highest BCUT2D eigenvalue weighted by Crippen LogP contribution is 2.55. The topological polar surface area (TPSA) is 9.72 Å². The Morgan fingerprint density at radius 3 is 0.429 bits per heavy atom. The van der Waals surface area contributed by atoms with Crippen molar-refractivity contribution in [1.82, 2.24) is 12.9 Å². The molecule has 0 aromatic carbocycles. The van der Waals surface area contributed by atoms with Gasteiger partial charge in [0.05, 0.1) is 0 Å². The van der Waals surface area contributed by atoms with Gasteiger partial charge < -0.3 is 0 Å². The Hall–Kier alpha value is 0.300. The maximum atomic E-state index is 11.2. The second-order valence-corrected chi connectivity index (χ2v) is 8.07. The zero-order chi connectivity index (χ0) is 18.2. The number of nitrogens with zero attached hydrogens (tertiary/aromatic N) is 3. The summed E-state index contributed by atoms with van der Waals surface area (Å²) in [4.78, 5) is 0. The SMILES string of the molecule is CN(C)S(F)(F)F.CN(C)S(F)(F)F.CN(C)S(F)(F)F. The van der Waals surface area contributed by atoms with Crippen LogP contribution in [0.4, 0.5) is 35.0 Å². The molecule has 0 N–H and O–H groups in total. The van der Waals surface area contributed by atoms with E-state index in [2.05, 4.69) is 0 Å². The van der Waals surface area contributed by atoms with E-state index in [4.69, 9.17) is 0 Å². The molecule has 0 aromatic rings. The zero-order valence-electron chi connectivity index (χ0n) is 12.0. The van der Waals surface area contributed by atoms with E-state index >= 15 is 0 Å². The normalized spacial score (nSPS) is 15.1. The van der Waals surface area contributed by atoms with Gasteiger partial charge in [-0.15, -0.1) is 35.0 Å². The Morgan fingerprint density at radius 2 is 0.429 bits per heavy atom. The minimum absolute atomic E-state index is 0.271. The predicted molar refractivity (Wildman–Crippen MR) is 73.8 cm³/mol. The molecule has 0 radical (unpaired) electrons. The Bertz CT molecular complexity index is 218. The first kappa shape index (κ1) is 26.2. The fraction of sp³-hybridized carbons (Fsp3) is 1.00. The Labute approximate surface area is 125 Å². The molecule has 0 spiro atoms. The van der Waals surface area contributed by atoms with Crippen LogP contribution in [0.2, 0.25) is 0 Å². The molecular formula is C6H18F9N3S3. The van der Waals surface area contributed by atoms with Crippen molar-refractivity contribution in [1.29, 1.82) is 0 Å². The van der Waals surface area contributed by atoms with Gasteiger partial charge >= 0.3 is 0 Å². The van der Waals surface area contributed by atoms with E-state index in [0.717, 1.165) is 42.3 Å². The molecule has 0 aromatic heterocycles. The Kier molecular flexibility index (Phi) is 12.7. The van der Waals surface area contributed by atoms with Crippen LogP contribution in [0.15, 0.2) is 0 Å². The molecule has 138 valence electrons. The van der Waals surface area contributed by atoms with Crippen molar-refractivity contribution in [2.75, 3.05) is 42.3 Å². The lowest BCUT2D eigenvalue weighted by Crippen LogP contribution is -2.06. The Morgan fingerprint density at radius 1 is 0.381 bits per heavy atom. The molecule has 0 rings (SSSR count). The van der Waals surface area contributed by atoms with E-state index in [1.807, 2.05) is 0 Å². The van der Waals surface area contributed by atoms with Crippen molar-refractivity contribution in [3.05, 3.63) is 0 Å². The van der Waals surface area contributed by atoms with Gasteiger partial charge in [0.25, 0.3) is 34.1 Å². The van der Waals surface area contributed by atoms with Crippen LogP contribution in [0.5, 0.6) is 0 Å². The summed E-state index contributed by atoms with van der Waals surface area (Å²) >= 11 is -14.7. The molecule has 0 saturated heterocycles. The first-order valence-electron chi connectivity index (χ1n) is 4.62. The zero-order valence-corrected chi connectivity index (χ0v) is 14.4. The molecule has 0 saturated carbocycles. The van der Waals surface area contributed by atoms with Gasteiger partial charge in [-0.25, -0.2) is 0 Å². The lowest BCUT2D eigenvalue weighted by Gasteiger charge is -2.16. The van der Waals surface area contributed by atoms with Gasteiger partial charge in [-0.1, -0.05) is 0 Å². The van der Waals surface area contributed by atoms with E-state index in [1.165, 1.54) is 0 Å². The monoisotopic (exact) mass is 399 g/mol. The summed E-state index contributed by atoms with van der Waals surface area (Å²) in [7, 11) is 5.97. The Balaban J connectivity index is -0.000000231. The molecule has 0 amide bonds. The third kappa shape index (κ3) is 20.3. The first-order valence-corrected chi connectivity index (χ1v) is 8.49. The smallest absolute Gasteiger partial charge is 0.199 e. The summed E-state index contributed by atoms with van der Waals surface area (Å²) in [5.41, 5.74) is 0. The third-order valence-electron chi connectivity index (χ3n) is 1.24. The molecule has 0 heterocycles. The van der Waals surface area contributed by atoms with Crippen LogP contribution in [0.3, 0.4) is 0 Å². The average Bonchev–Trinajstić information content (AvgIpc) is 2.14. The molecule has 3 nitrogen and oxygen atoms in total. The molecule has 0 atom stereocenters. The minimum atomic E-state index is -4.91. The van der Waals surface area contributed by atoms with E-state index in [9.17, 15) is 35.0 Å². The largest absolute Gasteiger partial charge is 0.277 e. The summed E-state index contributed by atoms with van der Waals surface area (Å²) < 4.78 is 102. The van der Waals surface area contributed by atoms with Gasteiger partial charge in [0.15, 0.2) is 0 Å². The van der Waals surface area contributed by atoms with Crippen molar-refractivity contribution in [2.24, 2.45) is 0 Å². The third-order valence-corrected chi connectivity index (χ3v) is 3.73. The van der Waals surface area contributed by atoms with E-state index in [-0.39, 0.29) is 12.9 Å². The number of hydrogen-bond donors (Lipinski definition) is 0. The van der Waals surface area contributed by atoms with Gasteiger partial charge in [-0.3, -0.25) is 0 Å². The van der Waals surface area contributed by atoms with Crippen LogP contribution >= 0.6 is 34.1 Å². The lowest BCUT2D eigenvalue weighted by molar-refractivity contribution is 0.497. The van der Waals surface area contributed by atoms with E-state index in [1.54, 1.807) is 0 Å². The van der Waals surface area contributed by atoms with Crippen molar-refractivity contribution in [2.45, 2.75) is 0 Å². The highest BCUT2D eigenvalue weighted by atomic mass is 32.3. The van der Waals surface area contributed by atoms with Crippen molar-refractivity contribution >= 4 is 34.1 Å². The molecule has 0 aliphatic heterocycles. The van der Waals surface area contributed by atoms with Crippen LogP contribution in [0.25, 0.3) is 0 Å². The van der Waals surface area contributed by atoms with Crippen molar-refractivity contribution in [3.8, 4) is 0 Å². The van der Waals surface area contributed by atoms with Crippen LogP contribution in [0.1, 0.15) is 0 Å². The van der Waals surface area contributed by atoms with Crippen molar-refractivity contribution in [3.63, 3.8) is 0 Å². The van der Waals surface area contributed by atoms with Crippen molar-refractivity contribution < 1.29 is 35.0 Å². The molecule has 0 fully saturated rings. The summed E-state index contributed by atoms with van der Waals surface area (Å²) in [6.45, 7) is 0. The van der Waals surface area contributed by atoms with Gasteiger partial charge in [0.2, 0.25) is 0 Å².